The second-order valence-electron chi connectivity index (χ2n) is 4.13. The van der Waals surface area contributed by atoms with E-state index in [0.717, 1.165) is 5.56 Å². The number of halogens is 2. The van der Waals surface area contributed by atoms with Crippen LogP contribution in [0.25, 0.3) is 0 Å². The summed E-state index contributed by atoms with van der Waals surface area (Å²) in [6, 6.07) is 8.88. The molecule has 19 heavy (non-hydrogen) atoms. The first kappa shape index (κ1) is 13.6. The lowest BCUT2D eigenvalue weighted by Gasteiger charge is -2.10. The molecule has 0 saturated heterocycles. The van der Waals surface area contributed by atoms with Crippen molar-refractivity contribution in [2.24, 2.45) is 0 Å². The number of carbonyl (C=O) groups is 1. The number of rotatable bonds is 3. The first-order chi connectivity index (χ1) is 9.02. The molecule has 98 valence electrons. The molecular weight excluding hydrogens is 267 g/mol. The van der Waals surface area contributed by atoms with E-state index in [1.165, 1.54) is 25.3 Å². The van der Waals surface area contributed by atoms with Crippen LogP contribution in [0.15, 0.2) is 36.4 Å². The van der Waals surface area contributed by atoms with Gasteiger partial charge in [0, 0.05) is 10.6 Å². The Morgan fingerprint density at radius 3 is 2.58 bits per heavy atom. The number of hydrogen-bond donors (Lipinski definition) is 0. The highest BCUT2D eigenvalue weighted by atomic mass is 35.5. The van der Waals surface area contributed by atoms with Crippen molar-refractivity contribution in [3.63, 3.8) is 0 Å². The fourth-order valence-electron chi connectivity index (χ4n) is 1.84. The summed E-state index contributed by atoms with van der Waals surface area (Å²) in [5, 5.41) is 0.462. The maximum Gasteiger partial charge on any atom is 0.197 e. The smallest absolute Gasteiger partial charge is 0.197 e. The van der Waals surface area contributed by atoms with Gasteiger partial charge in [0.25, 0.3) is 0 Å². The highest BCUT2D eigenvalue weighted by Gasteiger charge is 2.17. The summed E-state index contributed by atoms with van der Waals surface area (Å²) in [7, 11) is 1.44. The molecular formula is C15H12ClFO2. The molecule has 0 fully saturated rings. The summed E-state index contributed by atoms with van der Waals surface area (Å²) < 4.78 is 18.4. The highest BCUT2D eigenvalue weighted by molar-refractivity contribution is 6.31. The molecule has 0 unspecified atom stereocenters. The molecule has 0 bridgehead atoms. The molecule has 0 aliphatic carbocycles. The van der Waals surface area contributed by atoms with Crippen LogP contribution < -0.4 is 4.74 Å². The minimum absolute atomic E-state index is 0.188. The lowest BCUT2D eigenvalue weighted by atomic mass is 9.98. The number of ether oxygens (including phenoxy) is 1. The van der Waals surface area contributed by atoms with Crippen LogP contribution in [-0.2, 0) is 0 Å². The Hall–Kier alpha value is -1.87. The molecule has 0 amide bonds. The van der Waals surface area contributed by atoms with Gasteiger partial charge in [-0.1, -0.05) is 17.7 Å². The van der Waals surface area contributed by atoms with Crippen molar-refractivity contribution < 1.29 is 13.9 Å². The predicted molar refractivity (Wildman–Crippen MR) is 72.6 cm³/mol. The van der Waals surface area contributed by atoms with Gasteiger partial charge < -0.3 is 4.74 Å². The number of hydrogen-bond acceptors (Lipinski definition) is 2. The first-order valence-corrected chi connectivity index (χ1v) is 6.05. The van der Waals surface area contributed by atoms with E-state index in [1.54, 1.807) is 25.1 Å². The van der Waals surface area contributed by atoms with Crippen molar-refractivity contribution >= 4 is 17.4 Å². The molecule has 2 aromatic carbocycles. The highest BCUT2D eigenvalue weighted by Crippen LogP contribution is 2.25. The normalized spacial score (nSPS) is 10.3. The monoisotopic (exact) mass is 278 g/mol. The Kier molecular flexibility index (Phi) is 3.86. The fraction of sp³-hybridized carbons (Fsp3) is 0.133. The second kappa shape index (κ2) is 5.41. The summed E-state index contributed by atoms with van der Waals surface area (Å²) in [6.07, 6.45) is 0. The molecule has 0 heterocycles. The van der Waals surface area contributed by atoms with Crippen LogP contribution >= 0.6 is 11.6 Å². The van der Waals surface area contributed by atoms with Gasteiger partial charge in [0.1, 0.15) is 11.6 Å². The molecule has 2 nitrogen and oxygen atoms in total. The minimum Gasteiger partial charge on any atom is -0.496 e. The minimum atomic E-state index is -0.483. The van der Waals surface area contributed by atoms with Crippen LogP contribution in [-0.4, -0.2) is 12.9 Å². The molecule has 0 saturated carbocycles. The molecule has 2 aromatic rings. The lowest BCUT2D eigenvalue weighted by Crippen LogP contribution is -2.06. The zero-order valence-electron chi connectivity index (χ0n) is 10.5. The Morgan fingerprint density at radius 2 is 1.89 bits per heavy atom. The fourth-order valence-corrected chi connectivity index (χ4v) is 2.01. The predicted octanol–water partition coefficient (Wildman–Crippen LogP) is 4.03. The van der Waals surface area contributed by atoms with Crippen LogP contribution in [0, 0.1) is 12.7 Å². The maximum absolute atomic E-state index is 13.3. The molecule has 0 aliphatic rings. The number of ketones is 1. The van der Waals surface area contributed by atoms with Crippen LogP contribution in [0.4, 0.5) is 4.39 Å². The van der Waals surface area contributed by atoms with Gasteiger partial charge in [0.2, 0.25) is 0 Å². The van der Waals surface area contributed by atoms with Crippen molar-refractivity contribution in [3.05, 3.63) is 63.9 Å². The van der Waals surface area contributed by atoms with E-state index in [4.69, 9.17) is 16.3 Å². The molecule has 0 radical (unpaired) electrons. The quantitative estimate of drug-likeness (QED) is 0.793. The van der Waals surface area contributed by atoms with E-state index in [0.29, 0.717) is 16.3 Å². The summed E-state index contributed by atoms with van der Waals surface area (Å²) in [5.74, 6) is -0.453. The van der Waals surface area contributed by atoms with Crippen molar-refractivity contribution in [1.29, 1.82) is 0 Å². The second-order valence-corrected chi connectivity index (χ2v) is 4.57. The van der Waals surface area contributed by atoms with Gasteiger partial charge in [0.15, 0.2) is 5.78 Å². The topological polar surface area (TPSA) is 26.3 Å². The molecule has 2 rings (SSSR count). The van der Waals surface area contributed by atoms with Crippen LogP contribution in [0.2, 0.25) is 5.02 Å². The van der Waals surface area contributed by atoms with Gasteiger partial charge in [-0.25, -0.2) is 4.39 Å². The molecule has 0 aliphatic heterocycles. The van der Waals surface area contributed by atoms with E-state index in [2.05, 4.69) is 0 Å². The Bertz CT molecular complexity index is 638. The van der Waals surface area contributed by atoms with Gasteiger partial charge in [-0.2, -0.15) is 0 Å². The average molecular weight is 279 g/mol. The first-order valence-electron chi connectivity index (χ1n) is 5.67. The summed E-state index contributed by atoms with van der Waals surface area (Å²) in [6.45, 7) is 1.80. The third-order valence-corrected chi connectivity index (χ3v) is 3.09. The summed E-state index contributed by atoms with van der Waals surface area (Å²) >= 11 is 5.90. The number of aryl methyl sites for hydroxylation is 1. The van der Waals surface area contributed by atoms with E-state index in [9.17, 15) is 9.18 Å². The van der Waals surface area contributed by atoms with Crippen LogP contribution in [0.5, 0.6) is 5.75 Å². The standard InChI is InChI=1S/C15H12ClFO2/c1-9-3-4-10(16)7-12(9)15(18)13-8-11(17)5-6-14(13)19-2/h3-8H,1-2H3. The van der Waals surface area contributed by atoms with Gasteiger partial charge in [-0.3, -0.25) is 4.79 Å². The summed E-state index contributed by atoms with van der Waals surface area (Å²) in [5.41, 5.74) is 1.41. The Morgan fingerprint density at radius 1 is 1.16 bits per heavy atom. The van der Waals surface area contributed by atoms with Crippen LogP contribution in [0.3, 0.4) is 0 Å². The van der Waals surface area contributed by atoms with Crippen molar-refractivity contribution in [2.45, 2.75) is 6.92 Å². The lowest BCUT2D eigenvalue weighted by molar-refractivity contribution is 0.103. The summed E-state index contributed by atoms with van der Waals surface area (Å²) in [4.78, 5) is 12.4. The Labute approximate surface area is 115 Å². The largest absolute Gasteiger partial charge is 0.496 e. The van der Waals surface area contributed by atoms with Crippen molar-refractivity contribution in [1.82, 2.24) is 0 Å². The third-order valence-electron chi connectivity index (χ3n) is 2.85. The van der Waals surface area contributed by atoms with Gasteiger partial charge in [-0.05, 0) is 42.8 Å². The SMILES string of the molecule is COc1ccc(F)cc1C(=O)c1cc(Cl)ccc1C. The van der Waals surface area contributed by atoms with E-state index in [-0.39, 0.29) is 11.3 Å². The zero-order chi connectivity index (χ0) is 14.0. The molecule has 0 N–H and O–H groups in total. The van der Waals surface area contributed by atoms with E-state index >= 15 is 0 Å². The molecule has 4 heteroatoms. The van der Waals surface area contributed by atoms with Gasteiger partial charge >= 0.3 is 0 Å². The third kappa shape index (κ3) is 2.76. The molecule has 0 aromatic heterocycles. The number of benzene rings is 2. The number of carbonyl (C=O) groups excluding carboxylic acids is 1. The van der Waals surface area contributed by atoms with Gasteiger partial charge in [-0.15, -0.1) is 0 Å². The number of methoxy groups -OCH3 is 1. The van der Waals surface area contributed by atoms with Crippen molar-refractivity contribution in [3.8, 4) is 5.75 Å². The molecule has 0 spiro atoms. The average Bonchev–Trinajstić information content (AvgIpc) is 2.40. The Balaban J connectivity index is 2.55. The van der Waals surface area contributed by atoms with Gasteiger partial charge in [0.05, 0.1) is 12.7 Å². The van der Waals surface area contributed by atoms with E-state index in [1.807, 2.05) is 0 Å². The maximum atomic E-state index is 13.3. The van der Waals surface area contributed by atoms with Crippen molar-refractivity contribution in [2.75, 3.05) is 7.11 Å². The van der Waals surface area contributed by atoms with Crippen LogP contribution in [0.1, 0.15) is 21.5 Å². The zero-order valence-corrected chi connectivity index (χ0v) is 11.3. The molecule has 0 atom stereocenters. The van der Waals surface area contributed by atoms with E-state index < -0.39 is 5.82 Å².